The molecule has 0 aromatic heterocycles. The third-order valence-corrected chi connectivity index (χ3v) is 3.19. The number of carbonyl (C=O) groups excluding carboxylic acids is 1. The highest BCUT2D eigenvalue weighted by Crippen LogP contribution is 2.34. The monoisotopic (exact) mass is 221 g/mol. The predicted molar refractivity (Wildman–Crippen MR) is 66.1 cm³/mol. The van der Waals surface area contributed by atoms with E-state index < -0.39 is 5.60 Å². The molecule has 0 aromatic rings. The van der Waals surface area contributed by atoms with Gasteiger partial charge in [0.1, 0.15) is 13.4 Å². The van der Waals surface area contributed by atoms with Crippen LogP contribution in [-0.4, -0.2) is 36.5 Å². The summed E-state index contributed by atoms with van der Waals surface area (Å²) in [6.45, 7) is 5.74. The number of hydrogen-bond donors (Lipinski definition) is 0. The van der Waals surface area contributed by atoms with E-state index in [1.807, 2.05) is 25.7 Å². The highest BCUT2D eigenvalue weighted by Gasteiger charge is 2.40. The number of amides is 1. The van der Waals surface area contributed by atoms with E-state index in [1.54, 1.807) is 0 Å². The molecule has 0 aromatic carbocycles. The van der Waals surface area contributed by atoms with Gasteiger partial charge < -0.3 is 4.74 Å². The van der Waals surface area contributed by atoms with Crippen LogP contribution in [0.1, 0.15) is 40.0 Å². The van der Waals surface area contributed by atoms with Crippen LogP contribution in [0.2, 0.25) is 0 Å². The van der Waals surface area contributed by atoms with Crippen LogP contribution >= 0.6 is 0 Å². The zero-order chi connectivity index (χ0) is 11.9. The second-order valence-electron chi connectivity index (χ2n) is 5.90. The Morgan fingerprint density at radius 3 is 2.75 bits per heavy atom. The molecule has 0 N–H and O–H groups in total. The van der Waals surface area contributed by atoms with Crippen molar-refractivity contribution >= 4 is 13.9 Å². The van der Waals surface area contributed by atoms with Crippen molar-refractivity contribution in [1.29, 1.82) is 0 Å². The SMILES string of the molecule is BC1=CC2CCC(C1)N2C(=O)OC(C)(C)C. The highest BCUT2D eigenvalue weighted by molar-refractivity contribution is 6.21. The van der Waals surface area contributed by atoms with Gasteiger partial charge in [0.25, 0.3) is 0 Å². The van der Waals surface area contributed by atoms with Crippen LogP contribution in [0.4, 0.5) is 4.79 Å². The second-order valence-corrected chi connectivity index (χ2v) is 5.90. The lowest BCUT2D eigenvalue weighted by Crippen LogP contribution is -2.45. The van der Waals surface area contributed by atoms with Crippen molar-refractivity contribution in [2.45, 2.75) is 57.7 Å². The number of hydrogen-bond acceptors (Lipinski definition) is 2. The normalized spacial score (nSPS) is 28.9. The summed E-state index contributed by atoms with van der Waals surface area (Å²) in [5.74, 6) is 0. The molecular formula is C12H20BNO2. The average molecular weight is 221 g/mol. The van der Waals surface area contributed by atoms with Gasteiger partial charge in [-0.3, -0.25) is 4.90 Å². The lowest BCUT2D eigenvalue weighted by molar-refractivity contribution is 0.0170. The van der Waals surface area contributed by atoms with Gasteiger partial charge in [-0.1, -0.05) is 6.08 Å². The summed E-state index contributed by atoms with van der Waals surface area (Å²) < 4.78 is 5.45. The van der Waals surface area contributed by atoms with Gasteiger partial charge >= 0.3 is 6.09 Å². The van der Waals surface area contributed by atoms with E-state index in [0.29, 0.717) is 6.04 Å². The Morgan fingerprint density at radius 2 is 2.19 bits per heavy atom. The Bertz CT molecular complexity index is 332. The molecule has 1 fully saturated rings. The molecule has 1 amide bonds. The number of nitrogens with zero attached hydrogens (tertiary/aromatic N) is 1. The quantitative estimate of drug-likeness (QED) is 0.582. The van der Waals surface area contributed by atoms with Crippen LogP contribution in [0.5, 0.6) is 0 Å². The second kappa shape index (κ2) is 3.83. The lowest BCUT2D eigenvalue weighted by atomic mass is 9.86. The Labute approximate surface area is 98.2 Å². The maximum atomic E-state index is 12.1. The molecule has 4 heteroatoms. The molecule has 2 aliphatic rings. The average Bonchev–Trinajstić information content (AvgIpc) is 2.36. The predicted octanol–water partition coefficient (Wildman–Crippen LogP) is 1.68. The molecule has 2 bridgehead atoms. The molecule has 16 heavy (non-hydrogen) atoms. The number of fused-ring (bicyclic) bond motifs is 2. The highest BCUT2D eigenvalue weighted by atomic mass is 16.6. The van der Waals surface area contributed by atoms with Crippen molar-refractivity contribution in [1.82, 2.24) is 4.90 Å². The molecule has 2 aliphatic heterocycles. The Kier molecular flexibility index (Phi) is 2.76. The molecular weight excluding hydrogens is 201 g/mol. The minimum Gasteiger partial charge on any atom is -0.444 e. The molecule has 88 valence electrons. The standard InChI is InChI=1S/C12H20BNO2/c1-12(2,3)16-11(15)14-9-4-5-10(14)7-8(13)6-9/h6,9-10H,4-5,7,13H2,1-3H3. The minimum atomic E-state index is -0.396. The molecule has 3 nitrogen and oxygen atoms in total. The summed E-state index contributed by atoms with van der Waals surface area (Å²) in [6, 6.07) is 0.637. The summed E-state index contributed by atoms with van der Waals surface area (Å²) in [4.78, 5) is 14.0. The van der Waals surface area contributed by atoms with Crippen molar-refractivity contribution in [3.8, 4) is 0 Å². The van der Waals surface area contributed by atoms with Gasteiger partial charge in [-0.2, -0.15) is 0 Å². The fourth-order valence-electron chi connectivity index (χ4n) is 2.64. The van der Waals surface area contributed by atoms with Crippen LogP contribution in [0, 0.1) is 0 Å². The van der Waals surface area contributed by atoms with Crippen LogP contribution < -0.4 is 0 Å². The first kappa shape index (κ1) is 11.6. The fourth-order valence-corrected chi connectivity index (χ4v) is 2.64. The van der Waals surface area contributed by atoms with Crippen molar-refractivity contribution in [3.05, 3.63) is 11.5 Å². The first-order chi connectivity index (χ1) is 7.37. The molecule has 2 atom stereocenters. The van der Waals surface area contributed by atoms with E-state index in [4.69, 9.17) is 4.74 Å². The van der Waals surface area contributed by atoms with E-state index in [1.165, 1.54) is 5.47 Å². The number of rotatable bonds is 0. The van der Waals surface area contributed by atoms with Gasteiger partial charge in [-0.25, -0.2) is 4.79 Å². The van der Waals surface area contributed by atoms with Gasteiger partial charge in [-0.05, 0) is 40.0 Å². The van der Waals surface area contributed by atoms with Gasteiger partial charge in [0.2, 0.25) is 0 Å². The smallest absolute Gasteiger partial charge is 0.411 e. The molecule has 2 rings (SSSR count). The maximum Gasteiger partial charge on any atom is 0.411 e. The number of ether oxygens (including phenoxy) is 1. The topological polar surface area (TPSA) is 29.5 Å². The van der Waals surface area contributed by atoms with Crippen LogP contribution in [0.25, 0.3) is 0 Å². The minimum absolute atomic E-state index is 0.149. The summed E-state index contributed by atoms with van der Waals surface area (Å²) in [5.41, 5.74) is 1.01. The van der Waals surface area contributed by atoms with Crippen molar-refractivity contribution in [2.24, 2.45) is 0 Å². The zero-order valence-corrected chi connectivity index (χ0v) is 10.6. The molecule has 0 radical (unpaired) electrons. The summed E-state index contributed by atoms with van der Waals surface area (Å²) >= 11 is 0. The van der Waals surface area contributed by atoms with Crippen LogP contribution in [0.15, 0.2) is 11.5 Å². The summed E-state index contributed by atoms with van der Waals surface area (Å²) in [7, 11) is 2.15. The van der Waals surface area contributed by atoms with Gasteiger partial charge in [-0.15, -0.1) is 5.47 Å². The van der Waals surface area contributed by atoms with E-state index in [9.17, 15) is 4.79 Å². The first-order valence-electron chi connectivity index (χ1n) is 6.05. The van der Waals surface area contributed by atoms with E-state index in [-0.39, 0.29) is 12.1 Å². The lowest BCUT2D eigenvalue weighted by Gasteiger charge is -2.34. The molecule has 0 spiro atoms. The van der Waals surface area contributed by atoms with Crippen molar-refractivity contribution in [2.75, 3.05) is 0 Å². The largest absolute Gasteiger partial charge is 0.444 e. The molecule has 2 heterocycles. The zero-order valence-electron chi connectivity index (χ0n) is 10.6. The molecule has 2 unspecified atom stereocenters. The summed E-state index contributed by atoms with van der Waals surface area (Å²) in [5, 5.41) is 0. The molecule has 1 saturated heterocycles. The Hall–Kier alpha value is -0.925. The fraction of sp³-hybridized carbons (Fsp3) is 0.750. The van der Waals surface area contributed by atoms with Crippen LogP contribution in [-0.2, 0) is 4.74 Å². The van der Waals surface area contributed by atoms with E-state index in [0.717, 1.165) is 19.3 Å². The van der Waals surface area contributed by atoms with E-state index in [2.05, 4.69) is 13.9 Å². The van der Waals surface area contributed by atoms with Gasteiger partial charge in [0, 0.05) is 6.04 Å². The van der Waals surface area contributed by atoms with Crippen molar-refractivity contribution < 1.29 is 9.53 Å². The molecule has 0 aliphatic carbocycles. The summed E-state index contributed by atoms with van der Waals surface area (Å²) in [6.07, 6.45) is 5.27. The van der Waals surface area contributed by atoms with Crippen molar-refractivity contribution in [3.63, 3.8) is 0 Å². The van der Waals surface area contributed by atoms with Gasteiger partial charge in [0.15, 0.2) is 0 Å². The molecule has 0 saturated carbocycles. The van der Waals surface area contributed by atoms with E-state index >= 15 is 0 Å². The number of carbonyl (C=O) groups is 1. The van der Waals surface area contributed by atoms with Crippen LogP contribution in [0.3, 0.4) is 0 Å². The Balaban J connectivity index is 2.09. The maximum absolute atomic E-state index is 12.1. The first-order valence-corrected chi connectivity index (χ1v) is 6.05. The third kappa shape index (κ3) is 2.26. The van der Waals surface area contributed by atoms with Gasteiger partial charge in [0.05, 0.1) is 6.04 Å². The Morgan fingerprint density at radius 1 is 1.50 bits per heavy atom. The third-order valence-electron chi connectivity index (χ3n) is 3.19.